The number of urea groups is 1. The molecule has 0 aliphatic carbocycles. The van der Waals surface area contributed by atoms with Crippen molar-refractivity contribution in [3.63, 3.8) is 0 Å². The Morgan fingerprint density at radius 1 is 1.57 bits per heavy atom. The van der Waals surface area contributed by atoms with E-state index >= 15 is 0 Å². The highest BCUT2D eigenvalue weighted by atomic mass is 16.5. The molecule has 4 heteroatoms. The Morgan fingerprint density at radius 2 is 2.36 bits per heavy atom. The van der Waals surface area contributed by atoms with Crippen molar-refractivity contribution in [1.29, 1.82) is 0 Å². The molecule has 0 radical (unpaired) electrons. The molecule has 2 amide bonds. The predicted octanol–water partition coefficient (Wildman–Crippen LogP) is 1.25. The summed E-state index contributed by atoms with van der Waals surface area (Å²) in [6.45, 7) is 2.98. The van der Waals surface area contributed by atoms with E-state index in [1.165, 1.54) is 0 Å². The molecule has 0 atom stereocenters. The maximum absolute atomic E-state index is 10.5. The molecule has 0 heterocycles. The first-order chi connectivity index (χ1) is 6.72. The Hall–Kier alpha value is -1.71. The number of nitrogens with one attached hydrogen (secondary N) is 1. The van der Waals surface area contributed by atoms with Crippen molar-refractivity contribution in [3.05, 3.63) is 29.8 Å². The zero-order chi connectivity index (χ0) is 10.4. The van der Waals surface area contributed by atoms with Crippen LogP contribution in [0.25, 0.3) is 0 Å². The van der Waals surface area contributed by atoms with Crippen molar-refractivity contribution in [3.8, 4) is 5.75 Å². The third-order valence-corrected chi connectivity index (χ3v) is 1.68. The van der Waals surface area contributed by atoms with Crippen molar-refractivity contribution < 1.29 is 9.53 Å². The van der Waals surface area contributed by atoms with Crippen LogP contribution in [0, 0.1) is 0 Å². The van der Waals surface area contributed by atoms with Crippen LogP contribution in [0.3, 0.4) is 0 Å². The molecule has 0 aliphatic rings. The number of ether oxygens (including phenoxy) is 1. The number of hydrogen-bond donors (Lipinski definition) is 2. The van der Waals surface area contributed by atoms with Gasteiger partial charge in [0.25, 0.3) is 0 Å². The van der Waals surface area contributed by atoms with E-state index in [9.17, 15) is 4.79 Å². The number of amides is 2. The Morgan fingerprint density at radius 3 is 3.00 bits per heavy atom. The van der Waals surface area contributed by atoms with E-state index in [0.29, 0.717) is 13.2 Å². The molecule has 0 fully saturated rings. The fourth-order valence-corrected chi connectivity index (χ4v) is 1.10. The monoisotopic (exact) mass is 194 g/mol. The summed E-state index contributed by atoms with van der Waals surface area (Å²) in [7, 11) is 0. The van der Waals surface area contributed by atoms with E-state index in [-0.39, 0.29) is 0 Å². The summed E-state index contributed by atoms with van der Waals surface area (Å²) >= 11 is 0. The summed E-state index contributed by atoms with van der Waals surface area (Å²) in [6, 6.07) is 7.00. The van der Waals surface area contributed by atoms with Gasteiger partial charge >= 0.3 is 6.03 Å². The molecule has 0 unspecified atom stereocenters. The van der Waals surface area contributed by atoms with Crippen LogP contribution in [0.5, 0.6) is 5.75 Å². The molecule has 4 nitrogen and oxygen atoms in total. The number of rotatable bonds is 4. The summed E-state index contributed by atoms with van der Waals surface area (Å²) in [5.41, 5.74) is 5.92. The standard InChI is InChI=1S/C10H14N2O2/c1-2-14-9-5-3-4-8(6-9)7-12-10(11)13/h3-6H,2,7H2,1H3,(H3,11,12,13). The van der Waals surface area contributed by atoms with Gasteiger partial charge in [0, 0.05) is 6.54 Å². The van der Waals surface area contributed by atoms with Gasteiger partial charge in [-0.3, -0.25) is 0 Å². The molecule has 0 aromatic heterocycles. The van der Waals surface area contributed by atoms with Crippen LogP contribution in [-0.2, 0) is 6.54 Å². The van der Waals surface area contributed by atoms with E-state index in [2.05, 4.69) is 5.32 Å². The fraction of sp³-hybridized carbons (Fsp3) is 0.300. The van der Waals surface area contributed by atoms with Crippen LogP contribution < -0.4 is 15.8 Å². The number of hydrogen-bond acceptors (Lipinski definition) is 2. The van der Waals surface area contributed by atoms with Crippen LogP contribution in [0.15, 0.2) is 24.3 Å². The van der Waals surface area contributed by atoms with Gasteiger partial charge in [-0.2, -0.15) is 0 Å². The molecule has 3 N–H and O–H groups in total. The number of nitrogens with two attached hydrogens (primary N) is 1. The maximum atomic E-state index is 10.5. The van der Waals surface area contributed by atoms with Crippen LogP contribution in [0.4, 0.5) is 4.79 Å². The van der Waals surface area contributed by atoms with E-state index in [1.807, 2.05) is 31.2 Å². The number of carbonyl (C=O) groups excluding carboxylic acids is 1. The van der Waals surface area contributed by atoms with Gasteiger partial charge in [-0.05, 0) is 24.6 Å². The summed E-state index contributed by atoms with van der Waals surface area (Å²) in [5, 5.41) is 2.51. The largest absolute Gasteiger partial charge is 0.494 e. The molecule has 1 aromatic carbocycles. The lowest BCUT2D eigenvalue weighted by molar-refractivity contribution is 0.248. The molecule has 76 valence electrons. The number of benzene rings is 1. The average molecular weight is 194 g/mol. The minimum absolute atomic E-state index is 0.427. The second-order valence-corrected chi connectivity index (χ2v) is 2.80. The zero-order valence-electron chi connectivity index (χ0n) is 8.12. The van der Waals surface area contributed by atoms with Gasteiger partial charge in [0.05, 0.1) is 6.61 Å². The van der Waals surface area contributed by atoms with Crippen molar-refractivity contribution in [2.75, 3.05) is 6.61 Å². The second kappa shape index (κ2) is 5.11. The van der Waals surface area contributed by atoms with Crippen molar-refractivity contribution in [2.45, 2.75) is 13.5 Å². The van der Waals surface area contributed by atoms with Gasteiger partial charge in [-0.1, -0.05) is 12.1 Å². The van der Waals surface area contributed by atoms with Crippen molar-refractivity contribution in [2.24, 2.45) is 5.73 Å². The average Bonchev–Trinajstić information content (AvgIpc) is 2.16. The smallest absolute Gasteiger partial charge is 0.312 e. The van der Waals surface area contributed by atoms with E-state index in [4.69, 9.17) is 10.5 Å². The molecule has 1 rings (SSSR count). The molecular weight excluding hydrogens is 180 g/mol. The van der Waals surface area contributed by atoms with Gasteiger partial charge in [-0.15, -0.1) is 0 Å². The molecule has 0 saturated carbocycles. The third kappa shape index (κ3) is 3.35. The minimum Gasteiger partial charge on any atom is -0.494 e. The Kier molecular flexibility index (Phi) is 3.79. The number of primary amides is 1. The zero-order valence-corrected chi connectivity index (χ0v) is 8.12. The summed E-state index contributed by atoms with van der Waals surface area (Å²) in [4.78, 5) is 10.5. The van der Waals surface area contributed by atoms with Crippen molar-refractivity contribution >= 4 is 6.03 Å². The summed E-state index contributed by atoms with van der Waals surface area (Å²) < 4.78 is 5.31. The topological polar surface area (TPSA) is 64.3 Å². The van der Waals surface area contributed by atoms with Crippen LogP contribution in [0.1, 0.15) is 12.5 Å². The van der Waals surface area contributed by atoms with Gasteiger partial charge in [0.15, 0.2) is 0 Å². The van der Waals surface area contributed by atoms with Crippen LogP contribution in [-0.4, -0.2) is 12.6 Å². The minimum atomic E-state index is -0.521. The first-order valence-electron chi connectivity index (χ1n) is 4.47. The van der Waals surface area contributed by atoms with E-state index < -0.39 is 6.03 Å². The molecule has 0 aliphatic heterocycles. The molecule has 0 bridgehead atoms. The molecule has 0 spiro atoms. The normalized spacial score (nSPS) is 9.50. The first-order valence-corrected chi connectivity index (χ1v) is 4.47. The van der Waals surface area contributed by atoms with E-state index in [0.717, 1.165) is 11.3 Å². The summed E-state index contributed by atoms with van der Waals surface area (Å²) in [6.07, 6.45) is 0. The highest BCUT2D eigenvalue weighted by Crippen LogP contribution is 2.12. The summed E-state index contributed by atoms with van der Waals surface area (Å²) in [5.74, 6) is 0.802. The Balaban J connectivity index is 2.58. The lowest BCUT2D eigenvalue weighted by Gasteiger charge is -2.06. The number of carbonyl (C=O) groups is 1. The maximum Gasteiger partial charge on any atom is 0.312 e. The van der Waals surface area contributed by atoms with Crippen molar-refractivity contribution in [1.82, 2.24) is 5.32 Å². The molecular formula is C10H14N2O2. The quantitative estimate of drug-likeness (QED) is 0.757. The van der Waals surface area contributed by atoms with Crippen LogP contribution >= 0.6 is 0 Å². The van der Waals surface area contributed by atoms with Gasteiger partial charge < -0.3 is 15.8 Å². The van der Waals surface area contributed by atoms with Crippen LogP contribution in [0.2, 0.25) is 0 Å². The molecule has 1 aromatic rings. The SMILES string of the molecule is CCOc1cccc(CNC(N)=O)c1. The highest BCUT2D eigenvalue weighted by Gasteiger charge is 1.97. The molecule has 0 saturated heterocycles. The lowest BCUT2D eigenvalue weighted by atomic mass is 10.2. The van der Waals surface area contributed by atoms with Gasteiger partial charge in [0.1, 0.15) is 5.75 Å². The lowest BCUT2D eigenvalue weighted by Crippen LogP contribution is -2.28. The Bertz CT molecular complexity index is 313. The third-order valence-electron chi connectivity index (χ3n) is 1.68. The Labute approximate surface area is 83.1 Å². The first kappa shape index (κ1) is 10.4. The van der Waals surface area contributed by atoms with Gasteiger partial charge in [-0.25, -0.2) is 4.79 Å². The fourth-order valence-electron chi connectivity index (χ4n) is 1.10. The van der Waals surface area contributed by atoms with Gasteiger partial charge in [0.2, 0.25) is 0 Å². The second-order valence-electron chi connectivity index (χ2n) is 2.80. The van der Waals surface area contributed by atoms with E-state index in [1.54, 1.807) is 0 Å². The molecule has 14 heavy (non-hydrogen) atoms. The highest BCUT2D eigenvalue weighted by molar-refractivity contribution is 5.71. The predicted molar refractivity (Wildman–Crippen MR) is 54.0 cm³/mol.